The molecule has 29 heavy (non-hydrogen) atoms. The zero-order valence-electron chi connectivity index (χ0n) is 16.7. The number of amides is 1. The van der Waals surface area contributed by atoms with E-state index in [1.165, 1.54) is 6.08 Å². The molecule has 0 aromatic carbocycles. The highest BCUT2D eigenvalue weighted by Gasteiger charge is 2.47. The van der Waals surface area contributed by atoms with Crippen LogP contribution in [0.5, 0.6) is 0 Å². The molecule has 0 radical (unpaired) electrons. The average molecular weight is 427 g/mol. The van der Waals surface area contributed by atoms with Crippen molar-refractivity contribution in [3.05, 3.63) is 58.3 Å². The molecule has 1 heterocycles. The number of rotatable bonds is 3. The largest absolute Gasteiger partial charge is 0.416 e. The van der Waals surface area contributed by atoms with E-state index >= 15 is 0 Å². The van der Waals surface area contributed by atoms with Crippen LogP contribution in [-0.2, 0) is 4.79 Å². The monoisotopic (exact) mass is 426 g/mol. The molecule has 1 amide bonds. The predicted molar refractivity (Wildman–Crippen MR) is 109 cm³/mol. The second kappa shape index (κ2) is 8.42. The number of likely N-dealkylation sites (N-methyl/N-ethyl adjacent to an activating group) is 1. The van der Waals surface area contributed by atoms with E-state index in [9.17, 15) is 18.0 Å². The van der Waals surface area contributed by atoms with Crippen LogP contribution in [0.1, 0.15) is 39.0 Å². The van der Waals surface area contributed by atoms with Gasteiger partial charge in [-0.3, -0.25) is 4.79 Å². The van der Waals surface area contributed by atoms with Crippen LogP contribution in [0, 0.1) is 5.92 Å². The molecule has 0 aromatic heterocycles. The second-order valence-electron chi connectivity index (χ2n) is 8.00. The molecule has 1 unspecified atom stereocenters. The quantitative estimate of drug-likeness (QED) is 0.657. The molecule has 1 fully saturated rings. The van der Waals surface area contributed by atoms with E-state index < -0.39 is 23.2 Å². The van der Waals surface area contributed by atoms with Crippen LogP contribution in [0.25, 0.3) is 0 Å². The van der Waals surface area contributed by atoms with Crippen molar-refractivity contribution < 1.29 is 18.0 Å². The number of hydrogen-bond acceptors (Lipinski definition) is 2. The highest BCUT2D eigenvalue weighted by Crippen LogP contribution is 2.44. The first kappa shape index (κ1) is 21.8. The number of carbonyl (C=O) groups is 1. The molecule has 158 valence electrons. The van der Waals surface area contributed by atoms with Gasteiger partial charge < -0.3 is 10.2 Å². The Hall–Kier alpha value is -1.95. The van der Waals surface area contributed by atoms with Crippen LogP contribution < -0.4 is 5.32 Å². The van der Waals surface area contributed by atoms with Crippen molar-refractivity contribution in [1.82, 2.24) is 10.2 Å². The Balaban J connectivity index is 1.86. The Bertz CT molecular complexity index is 816. The summed E-state index contributed by atoms with van der Waals surface area (Å²) >= 11 is 6.29. The molecule has 1 N–H and O–H groups in total. The predicted octanol–water partition coefficient (Wildman–Crippen LogP) is 5.38. The minimum absolute atomic E-state index is 0.0390. The second-order valence-corrected chi connectivity index (χ2v) is 8.44. The molecular formula is C22H26ClF3N2O. The summed E-state index contributed by atoms with van der Waals surface area (Å²) in [5, 5.41) is 3.74. The van der Waals surface area contributed by atoms with E-state index in [0.717, 1.165) is 35.9 Å². The highest BCUT2D eigenvalue weighted by atomic mass is 35.5. The summed E-state index contributed by atoms with van der Waals surface area (Å²) in [5.74, 6) is -0.251. The molecule has 0 spiro atoms. The molecule has 2 aliphatic carbocycles. The minimum atomic E-state index is -4.48. The summed E-state index contributed by atoms with van der Waals surface area (Å²) in [6, 6.07) is 0. The molecule has 1 saturated carbocycles. The molecule has 7 heteroatoms. The van der Waals surface area contributed by atoms with Crippen molar-refractivity contribution in [2.75, 3.05) is 13.6 Å². The fraction of sp³-hybridized carbons (Fsp3) is 0.500. The average Bonchev–Trinajstić information content (AvgIpc) is 3.38. The van der Waals surface area contributed by atoms with Crippen LogP contribution in [0.4, 0.5) is 13.2 Å². The first-order valence-electron chi connectivity index (χ1n) is 9.89. The third kappa shape index (κ3) is 5.16. The molecule has 1 atom stereocenters. The molecule has 0 aromatic rings. The summed E-state index contributed by atoms with van der Waals surface area (Å²) < 4.78 is 39.9. The van der Waals surface area contributed by atoms with Gasteiger partial charge in [0.2, 0.25) is 0 Å². The molecule has 3 nitrogen and oxygen atoms in total. The zero-order chi connectivity index (χ0) is 21.2. The van der Waals surface area contributed by atoms with Gasteiger partial charge in [-0.25, -0.2) is 0 Å². The summed E-state index contributed by atoms with van der Waals surface area (Å²) in [6.45, 7) is 2.56. The highest BCUT2D eigenvalue weighted by molar-refractivity contribution is 6.30. The number of hydrogen-bond donors (Lipinski definition) is 1. The van der Waals surface area contributed by atoms with Gasteiger partial charge in [0.25, 0.3) is 5.91 Å². The van der Waals surface area contributed by atoms with Gasteiger partial charge >= 0.3 is 6.18 Å². The van der Waals surface area contributed by atoms with E-state index in [4.69, 9.17) is 11.6 Å². The lowest BCUT2D eigenvalue weighted by Crippen LogP contribution is -2.42. The van der Waals surface area contributed by atoms with Crippen LogP contribution in [0.2, 0.25) is 0 Å². The van der Waals surface area contributed by atoms with Crippen LogP contribution in [0.3, 0.4) is 0 Å². The maximum Gasteiger partial charge on any atom is 0.416 e. The zero-order valence-corrected chi connectivity index (χ0v) is 17.4. The Morgan fingerprint density at radius 2 is 2.03 bits per heavy atom. The van der Waals surface area contributed by atoms with E-state index in [0.29, 0.717) is 19.4 Å². The molecule has 3 rings (SSSR count). The Kier molecular flexibility index (Phi) is 6.32. The van der Waals surface area contributed by atoms with Crippen molar-refractivity contribution in [2.45, 2.75) is 50.7 Å². The Morgan fingerprint density at radius 1 is 1.31 bits per heavy atom. The van der Waals surface area contributed by atoms with Crippen LogP contribution in [0.15, 0.2) is 58.3 Å². The van der Waals surface area contributed by atoms with Crippen molar-refractivity contribution in [3.8, 4) is 0 Å². The normalized spacial score (nSPS) is 33.0. The Morgan fingerprint density at radius 3 is 2.69 bits per heavy atom. The summed E-state index contributed by atoms with van der Waals surface area (Å²) in [6.07, 6.45) is 8.59. The number of allylic oxidation sites excluding steroid dienone is 7. The summed E-state index contributed by atoms with van der Waals surface area (Å²) in [7, 11) is 1.66. The van der Waals surface area contributed by atoms with E-state index in [2.05, 4.69) is 5.32 Å². The van der Waals surface area contributed by atoms with Crippen molar-refractivity contribution >= 4 is 17.5 Å². The molecule has 3 aliphatic rings. The van der Waals surface area contributed by atoms with E-state index in [1.54, 1.807) is 11.9 Å². The van der Waals surface area contributed by atoms with E-state index in [1.807, 2.05) is 31.2 Å². The Labute approximate surface area is 174 Å². The lowest BCUT2D eigenvalue weighted by atomic mass is 9.97. The smallest absolute Gasteiger partial charge is 0.370 e. The van der Waals surface area contributed by atoms with Crippen LogP contribution >= 0.6 is 11.6 Å². The fourth-order valence-electron chi connectivity index (χ4n) is 3.57. The van der Waals surface area contributed by atoms with E-state index in [-0.39, 0.29) is 11.6 Å². The molecule has 0 saturated heterocycles. The van der Waals surface area contributed by atoms with Crippen molar-refractivity contribution in [3.63, 3.8) is 0 Å². The number of carbonyl (C=O) groups excluding carboxylic acids is 1. The lowest BCUT2D eigenvalue weighted by Gasteiger charge is -2.27. The number of nitrogens with one attached hydrogen (secondary N) is 1. The van der Waals surface area contributed by atoms with Gasteiger partial charge in [0.1, 0.15) is 5.70 Å². The van der Waals surface area contributed by atoms with Gasteiger partial charge in [0.15, 0.2) is 0 Å². The summed E-state index contributed by atoms with van der Waals surface area (Å²) in [4.78, 5) is 14.6. The van der Waals surface area contributed by atoms with Gasteiger partial charge in [-0.05, 0) is 55.7 Å². The topological polar surface area (TPSA) is 32.3 Å². The lowest BCUT2D eigenvalue weighted by molar-refractivity contribution is -0.119. The van der Waals surface area contributed by atoms with Crippen molar-refractivity contribution in [2.24, 2.45) is 5.92 Å². The third-order valence-electron chi connectivity index (χ3n) is 5.66. The standard InChI is InChI=1S/C22H26ClF3N2O/c1-15-6-5-8-16(9-10-18(15)23)21(11-12-21)27-20(29)19-14-17(22(24,25)26)7-3-4-13-28(19)2/h5,7-10,14-15H,3-4,6,11-13H2,1-2H3,(H,27,29)/b8-5+,16-9+,17-7-,18-10+,19-14-. The maximum atomic E-state index is 13.3. The molecular weight excluding hydrogens is 401 g/mol. The molecule has 0 bridgehead atoms. The SMILES string of the molecule is CC1C/C=C/C(C2(NC(=O)/C3=C/C(C(F)(F)F)=C/CCCN3C)CC2)=C\C=C/1Cl. The van der Waals surface area contributed by atoms with Crippen molar-refractivity contribution in [1.29, 1.82) is 0 Å². The van der Waals surface area contributed by atoms with Gasteiger partial charge in [0, 0.05) is 18.6 Å². The van der Waals surface area contributed by atoms with Gasteiger partial charge in [0.05, 0.1) is 11.1 Å². The summed E-state index contributed by atoms with van der Waals surface area (Å²) in [5.41, 5.74) is -0.352. The van der Waals surface area contributed by atoms with Crippen LogP contribution in [-0.4, -0.2) is 36.1 Å². The van der Waals surface area contributed by atoms with Gasteiger partial charge in [-0.15, -0.1) is 0 Å². The van der Waals surface area contributed by atoms with Gasteiger partial charge in [-0.1, -0.05) is 42.8 Å². The van der Waals surface area contributed by atoms with Gasteiger partial charge in [-0.2, -0.15) is 13.2 Å². The first-order valence-corrected chi connectivity index (χ1v) is 10.3. The maximum absolute atomic E-state index is 13.3. The number of nitrogens with zero attached hydrogens (tertiary/aromatic N) is 1. The number of alkyl halides is 3. The first-order chi connectivity index (χ1) is 13.6. The number of halogens is 4. The minimum Gasteiger partial charge on any atom is -0.370 e. The molecule has 1 aliphatic heterocycles. The fourth-order valence-corrected chi connectivity index (χ4v) is 3.72. The third-order valence-corrected chi connectivity index (χ3v) is 6.16.